The van der Waals surface area contributed by atoms with Gasteiger partial charge in [-0.15, -0.1) is 23.1 Å². The van der Waals surface area contributed by atoms with Crippen LogP contribution in [0.3, 0.4) is 0 Å². The molecule has 1 aromatic heterocycles. The van der Waals surface area contributed by atoms with Gasteiger partial charge in [-0.25, -0.2) is 0 Å². The van der Waals surface area contributed by atoms with Gasteiger partial charge in [-0.2, -0.15) is 5.26 Å². The second kappa shape index (κ2) is 15.6. The summed E-state index contributed by atoms with van der Waals surface area (Å²) >= 11 is 15.0. The SMILES string of the molecule is Cc1ccc(-c2csc(NC(=O)CSc3cccc(NC(=O)/C(=C\c4ccc(Cl)cc4Cl)NC(=O)c4ccccc4)c3)c2C#N)cc1. The number of nitrogens with one attached hydrogen (secondary N) is 3. The first-order valence-corrected chi connectivity index (χ1v) is 16.8. The van der Waals surface area contributed by atoms with E-state index in [9.17, 15) is 19.6 Å². The van der Waals surface area contributed by atoms with Crippen LogP contribution in [0.2, 0.25) is 10.0 Å². The first kappa shape index (κ1) is 33.5. The van der Waals surface area contributed by atoms with Crippen molar-refractivity contribution < 1.29 is 14.4 Å². The molecule has 0 saturated carbocycles. The highest BCUT2D eigenvalue weighted by Crippen LogP contribution is 2.35. The molecule has 0 aliphatic carbocycles. The summed E-state index contributed by atoms with van der Waals surface area (Å²) in [5.74, 6) is -1.24. The van der Waals surface area contributed by atoms with Crippen LogP contribution in [0.25, 0.3) is 17.2 Å². The van der Waals surface area contributed by atoms with Crippen molar-refractivity contribution in [3.63, 3.8) is 0 Å². The fraction of sp³-hybridized carbons (Fsp3) is 0.0556. The van der Waals surface area contributed by atoms with Gasteiger partial charge in [0.1, 0.15) is 16.8 Å². The summed E-state index contributed by atoms with van der Waals surface area (Å²) in [5.41, 5.74) is 4.50. The number of nitrogens with zero attached hydrogens (tertiary/aromatic N) is 1. The normalized spacial score (nSPS) is 11.0. The zero-order valence-electron chi connectivity index (χ0n) is 24.8. The molecular weight excluding hydrogens is 671 g/mol. The Morgan fingerprint density at radius 3 is 2.40 bits per heavy atom. The van der Waals surface area contributed by atoms with Crippen LogP contribution in [0.5, 0.6) is 0 Å². The number of thiophene rings is 1. The van der Waals surface area contributed by atoms with Gasteiger partial charge < -0.3 is 16.0 Å². The van der Waals surface area contributed by atoms with Gasteiger partial charge in [0, 0.05) is 37.1 Å². The van der Waals surface area contributed by atoms with E-state index in [1.807, 2.05) is 42.6 Å². The molecule has 0 radical (unpaired) electrons. The number of nitriles is 1. The van der Waals surface area contributed by atoms with Gasteiger partial charge in [-0.1, -0.05) is 83.4 Å². The van der Waals surface area contributed by atoms with Crippen LogP contribution in [0.4, 0.5) is 10.7 Å². The number of thioether (sulfide) groups is 1. The Labute approximate surface area is 290 Å². The lowest BCUT2D eigenvalue weighted by Crippen LogP contribution is -2.30. The number of aryl methyl sites for hydroxylation is 1. The van der Waals surface area contributed by atoms with Gasteiger partial charge in [0.05, 0.1) is 11.3 Å². The number of anilines is 2. The molecule has 0 fully saturated rings. The van der Waals surface area contributed by atoms with Crippen molar-refractivity contribution in [3.05, 3.63) is 140 Å². The van der Waals surface area contributed by atoms with Gasteiger partial charge >= 0.3 is 0 Å². The number of hydrogen-bond donors (Lipinski definition) is 3. The van der Waals surface area contributed by atoms with Crippen LogP contribution in [-0.4, -0.2) is 23.5 Å². The molecule has 0 bridgehead atoms. The molecule has 47 heavy (non-hydrogen) atoms. The maximum Gasteiger partial charge on any atom is 0.272 e. The minimum Gasteiger partial charge on any atom is -0.321 e. The summed E-state index contributed by atoms with van der Waals surface area (Å²) < 4.78 is 0. The molecule has 5 aromatic rings. The van der Waals surface area contributed by atoms with Gasteiger partial charge in [0.25, 0.3) is 11.8 Å². The molecular formula is C36H26Cl2N4O3S2. The van der Waals surface area contributed by atoms with Crippen LogP contribution >= 0.6 is 46.3 Å². The summed E-state index contributed by atoms with van der Waals surface area (Å²) in [6, 6.07) is 30.4. The molecule has 3 amide bonds. The van der Waals surface area contributed by atoms with E-state index in [1.54, 1.807) is 66.7 Å². The molecule has 0 unspecified atom stereocenters. The molecule has 0 spiro atoms. The zero-order valence-corrected chi connectivity index (χ0v) is 28.0. The van der Waals surface area contributed by atoms with Crippen molar-refractivity contribution in [2.24, 2.45) is 0 Å². The minimum absolute atomic E-state index is 0.0326. The third-order valence-corrected chi connectivity index (χ3v) is 9.22. The molecule has 11 heteroatoms. The summed E-state index contributed by atoms with van der Waals surface area (Å²) in [4.78, 5) is 40.0. The largest absolute Gasteiger partial charge is 0.321 e. The first-order valence-electron chi connectivity index (χ1n) is 14.2. The van der Waals surface area contributed by atoms with E-state index in [1.165, 1.54) is 29.2 Å². The van der Waals surface area contributed by atoms with Crippen LogP contribution in [0, 0.1) is 18.3 Å². The number of halogens is 2. The first-order chi connectivity index (χ1) is 22.7. The molecule has 3 N–H and O–H groups in total. The van der Waals surface area contributed by atoms with Crippen LogP contribution in [0.15, 0.2) is 113 Å². The maximum atomic E-state index is 13.5. The second-order valence-electron chi connectivity index (χ2n) is 10.2. The van der Waals surface area contributed by atoms with Crippen molar-refractivity contribution in [3.8, 4) is 17.2 Å². The summed E-state index contributed by atoms with van der Waals surface area (Å²) in [7, 11) is 0. The fourth-order valence-corrected chi connectivity index (χ4v) is 6.55. The lowest BCUT2D eigenvalue weighted by molar-refractivity contribution is -0.114. The monoisotopic (exact) mass is 696 g/mol. The van der Waals surface area contributed by atoms with Crippen LogP contribution < -0.4 is 16.0 Å². The quantitative estimate of drug-likeness (QED) is 0.0997. The molecule has 0 aliphatic rings. The smallest absolute Gasteiger partial charge is 0.272 e. The number of rotatable bonds is 10. The molecule has 0 atom stereocenters. The molecule has 0 aliphatic heterocycles. The third-order valence-electron chi connectivity index (χ3n) is 6.77. The number of carbonyl (C=O) groups excluding carboxylic acids is 3. The summed E-state index contributed by atoms with van der Waals surface area (Å²) in [6.07, 6.45) is 1.47. The van der Waals surface area contributed by atoms with Gasteiger partial charge in [0.15, 0.2) is 0 Å². The van der Waals surface area contributed by atoms with Gasteiger partial charge in [0.2, 0.25) is 5.91 Å². The number of benzene rings is 4. The highest BCUT2D eigenvalue weighted by Gasteiger charge is 2.18. The highest BCUT2D eigenvalue weighted by atomic mass is 35.5. The van der Waals surface area contributed by atoms with Crippen molar-refractivity contribution in [2.45, 2.75) is 11.8 Å². The average Bonchev–Trinajstić information content (AvgIpc) is 3.47. The molecule has 5 rings (SSSR count). The average molecular weight is 698 g/mol. The van der Waals surface area contributed by atoms with Crippen molar-refractivity contribution >= 4 is 80.8 Å². The molecule has 234 valence electrons. The topological polar surface area (TPSA) is 111 Å². The van der Waals surface area contributed by atoms with Crippen molar-refractivity contribution in [1.29, 1.82) is 5.26 Å². The molecule has 0 saturated heterocycles. The zero-order chi connectivity index (χ0) is 33.3. The van der Waals surface area contributed by atoms with E-state index in [4.69, 9.17) is 23.2 Å². The van der Waals surface area contributed by atoms with Crippen LogP contribution in [-0.2, 0) is 9.59 Å². The van der Waals surface area contributed by atoms with E-state index >= 15 is 0 Å². The van der Waals surface area contributed by atoms with E-state index < -0.39 is 11.8 Å². The Hall–Kier alpha value is -4.85. The molecule has 1 heterocycles. The second-order valence-corrected chi connectivity index (χ2v) is 13.0. The van der Waals surface area contributed by atoms with Gasteiger partial charge in [-0.3, -0.25) is 14.4 Å². The lowest BCUT2D eigenvalue weighted by atomic mass is 10.0. The van der Waals surface area contributed by atoms with E-state index in [0.717, 1.165) is 21.6 Å². The van der Waals surface area contributed by atoms with Crippen molar-refractivity contribution in [1.82, 2.24) is 5.32 Å². The molecule has 7 nitrogen and oxygen atoms in total. The Morgan fingerprint density at radius 1 is 0.915 bits per heavy atom. The number of amides is 3. The Morgan fingerprint density at radius 2 is 1.68 bits per heavy atom. The van der Waals surface area contributed by atoms with E-state index in [-0.39, 0.29) is 17.4 Å². The third kappa shape index (κ3) is 8.91. The summed E-state index contributed by atoms with van der Waals surface area (Å²) in [6.45, 7) is 2.00. The number of hydrogen-bond acceptors (Lipinski definition) is 6. The van der Waals surface area contributed by atoms with Gasteiger partial charge in [-0.05, 0) is 66.6 Å². The minimum atomic E-state index is -0.578. The fourth-order valence-electron chi connectivity index (χ4n) is 4.40. The predicted molar refractivity (Wildman–Crippen MR) is 192 cm³/mol. The molecule has 4 aromatic carbocycles. The highest BCUT2D eigenvalue weighted by molar-refractivity contribution is 8.00. The Balaban J connectivity index is 1.26. The Kier molecular flexibility index (Phi) is 11.1. The Bertz CT molecular complexity index is 2020. The summed E-state index contributed by atoms with van der Waals surface area (Å²) in [5, 5.41) is 21.3. The predicted octanol–water partition coefficient (Wildman–Crippen LogP) is 9.04. The van der Waals surface area contributed by atoms with E-state index in [2.05, 4.69) is 22.0 Å². The van der Waals surface area contributed by atoms with Crippen molar-refractivity contribution in [2.75, 3.05) is 16.4 Å². The standard InChI is InChI=1S/C36H26Cl2N4O3S2/c1-22-10-12-23(13-11-22)30-20-47-36(29(30)19-39)42-33(43)21-46-28-9-5-8-27(18-28)40-35(45)32(16-25-14-15-26(37)17-31(25)38)41-34(44)24-6-3-2-4-7-24/h2-18,20H,21H2,1H3,(H,40,45)(H,41,44)(H,42,43)/b32-16+. The maximum absolute atomic E-state index is 13.5. The van der Waals surface area contributed by atoms with E-state index in [0.29, 0.717) is 37.4 Å². The van der Waals surface area contributed by atoms with Crippen LogP contribution in [0.1, 0.15) is 27.0 Å². The number of carbonyl (C=O) groups is 3. The lowest BCUT2D eigenvalue weighted by Gasteiger charge is -2.13.